The third-order valence-corrected chi connectivity index (χ3v) is 4.66. The van der Waals surface area contributed by atoms with Gasteiger partial charge in [-0.15, -0.1) is 28.3 Å². The van der Waals surface area contributed by atoms with Crippen molar-refractivity contribution in [1.29, 1.82) is 0 Å². The molecule has 2 atom stereocenters. The van der Waals surface area contributed by atoms with E-state index in [9.17, 15) is 0 Å². The summed E-state index contributed by atoms with van der Waals surface area (Å²) in [5.74, 6) is 3.37. The van der Waals surface area contributed by atoms with Crippen molar-refractivity contribution in [2.24, 2.45) is 5.92 Å². The average Bonchev–Trinajstić information content (AvgIpc) is 2.49. The molecule has 0 saturated carbocycles. The molecule has 0 aliphatic heterocycles. The molecule has 0 amide bonds. The first-order valence-corrected chi connectivity index (χ1v) is 8.86. The molecule has 2 aromatic carbocycles. The molecule has 0 bridgehead atoms. The monoisotopic (exact) mass is 341 g/mol. The number of anilines is 1. The van der Waals surface area contributed by atoms with Crippen LogP contribution in [0.15, 0.2) is 41.3 Å². The van der Waals surface area contributed by atoms with Crippen molar-refractivity contribution in [1.82, 2.24) is 0 Å². The van der Waals surface area contributed by atoms with Crippen molar-refractivity contribution in [2.75, 3.05) is 5.32 Å². The number of thiol groups is 1. The van der Waals surface area contributed by atoms with E-state index in [0.29, 0.717) is 5.92 Å². The van der Waals surface area contributed by atoms with Crippen molar-refractivity contribution < 1.29 is 0 Å². The van der Waals surface area contributed by atoms with Gasteiger partial charge in [-0.25, -0.2) is 0 Å². The maximum Gasteiger partial charge on any atom is 0.0528 e. The van der Waals surface area contributed by atoms with Crippen molar-refractivity contribution in [3.05, 3.63) is 53.1 Å². The molecule has 1 nitrogen and oxygen atoms in total. The Bertz CT molecular complexity index is 711. The summed E-state index contributed by atoms with van der Waals surface area (Å²) >= 11 is 4.41. The van der Waals surface area contributed by atoms with Gasteiger partial charge in [0.1, 0.15) is 0 Å². The smallest absolute Gasteiger partial charge is 0.0528 e. The van der Waals surface area contributed by atoms with E-state index in [1.807, 2.05) is 12.1 Å². The fourth-order valence-corrected chi connectivity index (χ4v) is 3.40. The summed E-state index contributed by atoms with van der Waals surface area (Å²) in [7, 11) is 2.81. The molecule has 0 saturated heterocycles. The fourth-order valence-electron chi connectivity index (χ4n) is 2.77. The van der Waals surface area contributed by atoms with Crippen LogP contribution in [0.4, 0.5) is 5.69 Å². The third kappa shape index (κ3) is 4.54. The predicted octanol–water partition coefficient (Wildman–Crippen LogP) is 4.96. The van der Waals surface area contributed by atoms with E-state index in [-0.39, 0.29) is 6.04 Å². The Morgan fingerprint density at radius 1 is 1.26 bits per heavy atom. The molecule has 120 valence electrons. The van der Waals surface area contributed by atoms with E-state index >= 15 is 0 Å². The van der Waals surface area contributed by atoms with Gasteiger partial charge in [-0.3, -0.25) is 0 Å². The van der Waals surface area contributed by atoms with E-state index < -0.39 is 0 Å². The van der Waals surface area contributed by atoms with E-state index in [0.717, 1.165) is 22.4 Å². The topological polar surface area (TPSA) is 12.0 Å². The number of benzene rings is 2. The van der Waals surface area contributed by atoms with Crippen LogP contribution < -0.4 is 10.6 Å². The second-order valence-electron chi connectivity index (χ2n) is 6.28. The zero-order valence-electron chi connectivity index (χ0n) is 13.9. The summed E-state index contributed by atoms with van der Waals surface area (Å²) in [5.41, 5.74) is 4.47. The molecular weight excluding hydrogens is 317 g/mol. The molecule has 23 heavy (non-hydrogen) atoms. The Morgan fingerprint density at radius 2 is 2.00 bits per heavy atom. The molecule has 2 aromatic rings. The lowest BCUT2D eigenvalue weighted by atomic mass is 9.93. The van der Waals surface area contributed by atoms with Crippen LogP contribution in [0.2, 0.25) is 0 Å². The van der Waals surface area contributed by atoms with Crippen LogP contribution in [-0.4, -0.2) is 0 Å². The third-order valence-electron chi connectivity index (χ3n) is 3.90. The van der Waals surface area contributed by atoms with Crippen LogP contribution in [0.5, 0.6) is 0 Å². The first-order chi connectivity index (χ1) is 10.9. The van der Waals surface area contributed by atoms with Crippen LogP contribution >= 0.6 is 21.9 Å². The Labute approximate surface area is 147 Å². The minimum absolute atomic E-state index is 0.176. The second kappa shape index (κ2) is 7.91. The Morgan fingerprint density at radius 3 is 2.61 bits per heavy atom. The van der Waals surface area contributed by atoms with Gasteiger partial charge in [-0.05, 0) is 47.8 Å². The standard InChI is InChI=1S/C20H24NPS/c1-5-15-12-16(23)9-10-17(15)18(11-13(2)3)21-20-14(4)7-6-8-19(20)22/h1,6-10,12-13,18,21,23H,11,22H2,2-4H3. The summed E-state index contributed by atoms with van der Waals surface area (Å²) in [6.45, 7) is 6.59. The zero-order valence-corrected chi connectivity index (χ0v) is 16.0. The molecule has 0 radical (unpaired) electrons. The summed E-state index contributed by atoms with van der Waals surface area (Å²) in [6, 6.07) is 12.5. The van der Waals surface area contributed by atoms with Crippen molar-refractivity contribution in [3.63, 3.8) is 0 Å². The van der Waals surface area contributed by atoms with Gasteiger partial charge in [0.25, 0.3) is 0 Å². The zero-order chi connectivity index (χ0) is 17.0. The summed E-state index contributed by atoms with van der Waals surface area (Å²) in [6.07, 6.45) is 6.74. The van der Waals surface area contributed by atoms with E-state index in [1.54, 1.807) is 0 Å². The second-order valence-corrected chi connectivity index (χ2v) is 7.42. The molecule has 1 N–H and O–H groups in total. The van der Waals surface area contributed by atoms with E-state index in [4.69, 9.17) is 6.42 Å². The van der Waals surface area contributed by atoms with Crippen LogP contribution in [-0.2, 0) is 0 Å². The number of hydrogen-bond donors (Lipinski definition) is 2. The SMILES string of the molecule is C#Cc1cc(S)ccc1C(CC(C)C)Nc1c(C)cccc1P. The van der Waals surface area contributed by atoms with Gasteiger partial charge in [-0.2, -0.15) is 0 Å². The molecule has 3 heteroatoms. The van der Waals surface area contributed by atoms with E-state index in [1.165, 1.54) is 16.6 Å². The minimum Gasteiger partial charge on any atom is -0.377 e. The van der Waals surface area contributed by atoms with E-state index in [2.05, 4.69) is 78.1 Å². The van der Waals surface area contributed by atoms with Crippen LogP contribution in [0.25, 0.3) is 0 Å². The van der Waals surface area contributed by atoms with Crippen molar-refractivity contribution >= 4 is 32.9 Å². The first-order valence-electron chi connectivity index (χ1n) is 7.83. The number of rotatable bonds is 5. The Kier molecular flexibility index (Phi) is 6.17. The van der Waals surface area contributed by atoms with Gasteiger partial charge in [0.05, 0.1) is 6.04 Å². The molecule has 0 aliphatic carbocycles. The van der Waals surface area contributed by atoms with Gasteiger partial charge in [-0.1, -0.05) is 44.0 Å². The fraction of sp³-hybridized carbons (Fsp3) is 0.300. The maximum atomic E-state index is 5.73. The first kappa shape index (κ1) is 17.9. The number of aryl methyl sites for hydroxylation is 1. The molecule has 0 fully saturated rings. The maximum absolute atomic E-state index is 5.73. The lowest BCUT2D eigenvalue weighted by Gasteiger charge is -2.25. The Hall–Kier alpha value is -1.42. The number of terminal acetylenes is 1. The minimum atomic E-state index is 0.176. The van der Waals surface area contributed by atoms with Crippen LogP contribution in [0, 0.1) is 25.2 Å². The lowest BCUT2D eigenvalue weighted by molar-refractivity contribution is 0.530. The number of nitrogens with one attached hydrogen (secondary N) is 1. The van der Waals surface area contributed by atoms with Crippen LogP contribution in [0.3, 0.4) is 0 Å². The molecule has 0 aromatic heterocycles. The molecule has 0 heterocycles. The van der Waals surface area contributed by atoms with Crippen molar-refractivity contribution in [3.8, 4) is 12.3 Å². The van der Waals surface area contributed by atoms with Crippen molar-refractivity contribution in [2.45, 2.75) is 38.1 Å². The largest absolute Gasteiger partial charge is 0.377 e. The summed E-state index contributed by atoms with van der Waals surface area (Å²) in [5, 5.41) is 4.89. The average molecular weight is 341 g/mol. The highest BCUT2D eigenvalue weighted by Gasteiger charge is 2.18. The highest BCUT2D eigenvalue weighted by atomic mass is 32.1. The van der Waals surface area contributed by atoms with Crippen LogP contribution in [0.1, 0.15) is 43.0 Å². The molecular formula is C20H24NPS. The highest BCUT2D eigenvalue weighted by Crippen LogP contribution is 2.30. The quantitative estimate of drug-likeness (QED) is 0.445. The number of para-hydroxylation sites is 1. The molecule has 0 spiro atoms. The predicted molar refractivity (Wildman–Crippen MR) is 108 cm³/mol. The normalized spacial score (nSPS) is 12.0. The molecule has 2 rings (SSSR count). The molecule has 2 unspecified atom stereocenters. The Balaban J connectivity index is 2.44. The van der Waals surface area contributed by atoms with Gasteiger partial charge >= 0.3 is 0 Å². The lowest BCUT2D eigenvalue weighted by Crippen LogP contribution is -2.18. The van der Waals surface area contributed by atoms with Gasteiger partial charge in [0.2, 0.25) is 0 Å². The number of hydrogen-bond acceptors (Lipinski definition) is 2. The van der Waals surface area contributed by atoms with Gasteiger partial charge in [0.15, 0.2) is 0 Å². The van der Waals surface area contributed by atoms with Gasteiger partial charge < -0.3 is 5.32 Å². The van der Waals surface area contributed by atoms with Gasteiger partial charge in [0, 0.05) is 16.1 Å². The summed E-state index contributed by atoms with van der Waals surface area (Å²) in [4.78, 5) is 0.896. The molecule has 0 aliphatic rings. The highest BCUT2D eigenvalue weighted by molar-refractivity contribution is 7.80. The summed E-state index contributed by atoms with van der Waals surface area (Å²) < 4.78 is 0.